The number of hydrogen-bond donors (Lipinski definition) is 2. The monoisotopic (exact) mass is 260 g/mol. The van der Waals surface area contributed by atoms with E-state index >= 15 is 0 Å². The molecule has 4 nitrogen and oxygen atoms in total. The average molecular weight is 260 g/mol. The summed E-state index contributed by atoms with van der Waals surface area (Å²) in [4.78, 5) is 6.08. The van der Waals surface area contributed by atoms with E-state index in [9.17, 15) is 26.3 Å². The number of alkyl halides is 6. The van der Waals surface area contributed by atoms with E-state index in [0.29, 0.717) is 6.07 Å². The minimum absolute atomic E-state index is 0.349. The van der Waals surface area contributed by atoms with Gasteiger partial charge >= 0.3 is 12.4 Å². The first-order chi connectivity index (χ1) is 7.58. The van der Waals surface area contributed by atoms with Crippen LogP contribution in [0.1, 0.15) is 5.69 Å². The summed E-state index contributed by atoms with van der Waals surface area (Å²) in [6.07, 6.45) is -9.37. The first-order valence-corrected chi connectivity index (χ1v) is 4.10. The van der Waals surface area contributed by atoms with Gasteiger partial charge in [0.05, 0.1) is 0 Å². The second-order valence-corrected chi connectivity index (χ2v) is 2.96. The van der Waals surface area contributed by atoms with Crippen LogP contribution in [0.2, 0.25) is 0 Å². The molecule has 3 N–H and O–H groups in total. The average Bonchev–Trinajstić information content (AvgIpc) is 2.11. The lowest BCUT2D eigenvalue weighted by Gasteiger charge is -2.11. The normalized spacial score (nSPS) is 12.6. The molecule has 1 heterocycles. The van der Waals surface area contributed by atoms with Gasteiger partial charge < -0.3 is 11.1 Å². The van der Waals surface area contributed by atoms with Crippen molar-refractivity contribution in [1.29, 1.82) is 0 Å². The SMILES string of the molecule is Nc1nc(NCC(F)(F)F)cc(C(F)(F)F)n1. The standard InChI is InChI=1S/C7H6F6N4/c8-6(9,10)2-15-4-1-3(7(11,12)13)16-5(14)17-4/h1H,2H2,(H3,14,15,16,17). The summed E-state index contributed by atoms with van der Waals surface area (Å²) in [6, 6.07) is 0.349. The van der Waals surface area contributed by atoms with E-state index in [4.69, 9.17) is 5.73 Å². The van der Waals surface area contributed by atoms with Crippen LogP contribution in [0.5, 0.6) is 0 Å². The topological polar surface area (TPSA) is 63.8 Å². The van der Waals surface area contributed by atoms with Crippen LogP contribution in [-0.2, 0) is 6.18 Å². The summed E-state index contributed by atoms with van der Waals surface area (Å²) in [5.41, 5.74) is 3.54. The van der Waals surface area contributed by atoms with Gasteiger partial charge in [-0.1, -0.05) is 0 Å². The molecule has 0 saturated carbocycles. The summed E-state index contributed by atoms with van der Waals surface area (Å²) in [7, 11) is 0. The van der Waals surface area contributed by atoms with Crippen molar-refractivity contribution in [3.8, 4) is 0 Å². The molecule has 0 spiro atoms. The largest absolute Gasteiger partial charge is 0.433 e. The second kappa shape index (κ2) is 4.26. The van der Waals surface area contributed by atoms with Crippen molar-refractivity contribution in [3.63, 3.8) is 0 Å². The van der Waals surface area contributed by atoms with E-state index in [2.05, 4.69) is 9.97 Å². The molecule has 1 aromatic rings. The van der Waals surface area contributed by atoms with Crippen molar-refractivity contribution in [2.45, 2.75) is 12.4 Å². The Labute approximate surface area is 90.8 Å². The molecule has 0 aliphatic heterocycles. The molecule has 0 atom stereocenters. The zero-order valence-corrected chi connectivity index (χ0v) is 8.02. The predicted octanol–water partition coefficient (Wildman–Crippen LogP) is 2.05. The number of aromatic nitrogens is 2. The van der Waals surface area contributed by atoms with Gasteiger partial charge in [-0.05, 0) is 0 Å². The molecule has 0 aliphatic carbocycles. The Bertz CT molecular complexity index is 398. The number of nitrogens with one attached hydrogen (secondary N) is 1. The van der Waals surface area contributed by atoms with Crippen molar-refractivity contribution >= 4 is 11.8 Å². The van der Waals surface area contributed by atoms with Crippen LogP contribution in [0.3, 0.4) is 0 Å². The quantitative estimate of drug-likeness (QED) is 0.799. The molecule has 0 radical (unpaired) electrons. The molecule has 0 saturated heterocycles. The van der Waals surface area contributed by atoms with E-state index in [-0.39, 0.29) is 0 Å². The lowest BCUT2D eigenvalue weighted by Crippen LogP contribution is -2.22. The van der Waals surface area contributed by atoms with Crippen molar-refractivity contribution in [2.24, 2.45) is 0 Å². The van der Waals surface area contributed by atoms with Gasteiger partial charge in [0.1, 0.15) is 12.4 Å². The van der Waals surface area contributed by atoms with E-state index < -0.39 is 36.4 Å². The van der Waals surface area contributed by atoms with Gasteiger partial charge in [0.15, 0.2) is 5.69 Å². The molecule has 10 heteroatoms. The highest BCUT2D eigenvalue weighted by Crippen LogP contribution is 2.29. The summed E-state index contributed by atoms with van der Waals surface area (Å²) >= 11 is 0. The third-order valence-corrected chi connectivity index (χ3v) is 1.50. The van der Waals surface area contributed by atoms with Crippen LogP contribution in [-0.4, -0.2) is 22.7 Å². The number of rotatable bonds is 2. The third kappa shape index (κ3) is 4.33. The van der Waals surface area contributed by atoms with E-state index in [0.717, 1.165) is 0 Å². The fraction of sp³-hybridized carbons (Fsp3) is 0.429. The van der Waals surface area contributed by atoms with Gasteiger partial charge in [0, 0.05) is 6.07 Å². The van der Waals surface area contributed by atoms with Crippen LogP contribution < -0.4 is 11.1 Å². The maximum absolute atomic E-state index is 12.2. The summed E-state index contributed by atoms with van der Waals surface area (Å²) in [5, 5.41) is 1.68. The highest BCUT2D eigenvalue weighted by Gasteiger charge is 2.34. The number of nitrogens with zero attached hydrogens (tertiary/aromatic N) is 2. The van der Waals surface area contributed by atoms with Gasteiger partial charge in [0.2, 0.25) is 5.95 Å². The van der Waals surface area contributed by atoms with Gasteiger partial charge in [-0.15, -0.1) is 0 Å². The van der Waals surface area contributed by atoms with Crippen molar-refractivity contribution < 1.29 is 26.3 Å². The number of nitrogens with two attached hydrogens (primary N) is 1. The first kappa shape index (κ1) is 13.3. The highest BCUT2D eigenvalue weighted by atomic mass is 19.4. The van der Waals surface area contributed by atoms with E-state index in [1.807, 2.05) is 0 Å². The van der Waals surface area contributed by atoms with E-state index in [1.165, 1.54) is 0 Å². The molecule has 1 rings (SSSR count). The van der Waals surface area contributed by atoms with Crippen LogP contribution >= 0.6 is 0 Å². The zero-order chi connectivity index (χ0) is 13.3. The molecule has 17 heavy (non-hydrogen) atoms. The summed E-state index contributed by atoms with van der Waals surface area (Å²) in [6.45, 7) is -1.51. The van der Waals surface area contributed by atoms with Crippen LogP contribution in [0.15, 0.2) is 6.07 Å². The number of nitrogen functional groups attached to an aromatic ring is 1. The maximum atomic E-state index is 12.2. The minimum atomic E-state index is -4.80. The lowest BCUT2D eigenvalue weighted by molar-refractivity contribution is -0.141. The fourth-order valence-corrected chi connectivity index (χ4v) is 0.892. The molecule has 0 bridgehead atoms. The Balaban J connectivity index is 2.91. The fourth-order valence-electron chi connectivity index (χ4n) is 0.892. The molecular formula is C7H6F6N4. The van der Waals surface area contributed by atoms with Crippen LogP contribution in [0.4, 0.5) is 38.1 Å². The molecule has 0 fully saturated rings. The van der Waals surface area contributed by atoms with Crippen LogP contribution in [0, 0.1) is 0 Å². The molecule has 0 amide bonds. The number of hydrogen-bond acceptors (Lipinski definition) is 4. The van der Waals surface area contributed by atoms with Gasteiger partial charge in [-0.25, -0.2) is 4.98 Å². The van der Waals surface area contributed by atoms with Gasteiger partial charge in [-0.3, -0.25) is 0 Å². The Hall–Kier alpha value is -1.74. The van der Waals surface area contributed by atoms with E-state index in [1.54, 1.807) is 5.32 Å². The first-order valence-electron chi connectivity index (χ1n) is 4.10. The second-order valence-electron chi connectivity index (χ2n) is 2.96. The van der Waals surface area contributed by atoms with Crippen molar-refractivity contribution in [2.75, 3.05) is 17.6 Å². The smallest absolute Gasteiger partial charge is 0.368 e. The summed E-state index contributed by atoms with van der Waals surface area (Å²) < 4.78 is 72.1. The van der Waals surface area contributed by atoms with Crippen molar-refractivity contribution in [3.05, 3.63) is 11.8 Å². The Kier molecular flexibility index (Phi) is 3.34. The van der Waals surface area contributed by atoms with Crippen molar-refractivity contribution in [1.82, 2.24) is 9.97 Å². The minimum Gasteiger partial charge on any atom is -0.368 e. The lowest BCUT2D eigenvalue weighted by atomic mass is 10.3. The number of anilines is 2. The Morgan fingerprint density at radius 2 is 1.71 bits per heavy atom. The Morgan fingerprint density at radius 3 is 2.18 bits per heavy atom. The number of halogens is 6. The molecule has 0 aliphatic rings. The Morgan fingerprint density at radius 1 is 1.12 bits per heavy atom. The van der Waals surface area contributed by atoms with Gasteiger partial charge in [-0.2, -0.15) is 31.3 Å². The summed E-state index contributed by atoms with van der Waals surface area (Å²) in [5.74, 6) is -1.40. The molecule has 1 aromatic heterocycles. The molecule has 0 unspecified atom stereocenters. The molecule has 0 aromatic carbocycles. The van der Waals surface area contributed by atoms with Crippen LogP contribution in [0.25, 0.3) is 0 Å². The predicted molar refractivity (Wildman–Crippen MR) is 46.0 cm³/mol. The maximum Gasteiger partial charge on any atom is 0.433 e. The molecular weight excluding hydrogens is 254 g/mol. The van der Waals surface area contributed by atoms with Gasteiger partial charge in [0.25, 0.3) is 0 Å². The zero-order valence-electron chi connectivity index (χ0n) is 8.02. The highest BCUT2D eigenvalue weighted by molar-refractivity contribution is 5.41. The molecule has 96 valence electrons. The third-order valence-electron chi connectivity index (χ3n) is 1.50.